The molecule has 1 aromatic carbocycles. The van der Waals surface area contributed by atoms with Gasteiger partial charge in [0.25, 0.3) is 0 Å². The summed E-state index contributed by atoms with van der Waals surface area (Å²) in [6.45, 7) is 1.98. The van der Waals surface area contributed by atoms with Gasteiger partial charge in [-0.1, -0.05) is 23.9 Å². The Labute approximate surface area is 93.1 Å². The molecular weight excluding hydrogens is 206 g/mol. The molecule has 1 heterocycles. The van der Waals surface area contributed by atoms with Crippen LogP contribution in [0.3, 0.4) is 0 Å². The second kappa shape index (κ2) is 4.51. The first-order valence-electron chi connectivity index (χ1n) is 4.78. The highest BCUT2D eigenvalue weighted by Gasteiger charge is 2.01. The summed E-state index contributed by atoms with van der Waals surface area (Å²) in [5.74, 6) is 0. The zero-order valence-corrected chi connectivity index (χ0v) is 9.29. The minimum Gasteiger partial charge on any atom is -0.339 e. The lowest BCUT2D eigenvalue weighted by atomic mass is 10.1. The molecule has 0 saturated carbocycles. The molecule has 78 valence electrons. The van der Waals surface area contributed by atoms with Crippen molar-refractivity contribution >= 4 is 11.8 Å². The Balaban J connectivity index is 2.11. The van der Waals surface area contributed by atoms with E-state index in [4.69, 9.17) is 5.73 Å². The van der Waals surface area contributed by atoms with Gasteiger partial charge in [-0.15, -0.1) is 0 Å². The van der Waals surface area contributed by atoms with Gasteiger partial charge in [0.2, 0.25) is 0 Å². The number of nitrogens with zero attached hydrogens (tertiary/aromatic N) is 1. The molecule has 4 heteroatoms. The molecule has 15 heavy (non-hydrogen) atoms. The van der Waals surface area contributed by atoms with Gasteiger partial charge in [-0.3, -0.25) is 0 Å². The summed E-state index contributed by atoms with van der Waals surface area (Å²) in [7, 11) is 0. The van der Waals surface area contributed by atoms with Crippen LogP contribution in [0, 0.1) is 0 Å². The van der Waals surface area contributed by atoms with Crippen LogP contribution in [0.15, 0.2) is 46.7 Å². The second-order valence-electron chi connectivity index (χ2n) is 3.35. The van der Waals surface area contributed by atoms with Crippen molar-refractivity contribution in [1.82, 2.24) is 9.97 Å². The number of hydrogen-bond acceptors (Lipinski definition) is 3. The molecule has 0 aliphatic heterocycles. The predicted molar refractivity (Wildman–Crippen MR) is 61.8 cm³/mol. The first kappa shape index (κ1) is 10.3. The van der Waals surface area contributed by atoms with Crippen LogP contribution in [0.4, 0.5) is 0 Å². The van der Waals surface area contributed by atoms with E-state index in [1.54, 1.807) is 18.0 Å². The zero-order chi connectivity index (χ0) is 10.7. The highest BCUT2D eigenvalue weighted by atomic mass is 32.2. The normalized spacial score (nSPS) is 12.7. The van der Waals surface area contributed by atoms with Crippen molar-refractivity contribution in [3.8, 4) is 0 Å². The summed E-state index contributed by atoms with van der Waals surface area (Å²) in [5.41, 5.74) is 6.93. The topological polar surface area (TPSA) is 54.7 Å². The first-order chi connectivity index (χ1) is 7.25. The van der Waals surface area contributed by atoms with Gasteiger partial charge in [0.15, 0.2) is 5.16 Å². The van der Waals surface area contributed by atoms with Gasteiger partial charge in [-0.2, -0.15) is 0 Å². The lowest BCUT2D eigenvalue weighted by Gasteiger charge is -2.05. The smallest absolute Gasteiger partial charge is 0.170 e. The molecule has 0 aliphatic rings. The van der Waals surface area contributed by atoms with Crippen LogP contribution < -0.4 is 5.73 Å². The molecule has 3 N–H and O–H groups in total. The molecule has 1 aromatic heterocycles. The largest absolute Gasteiger partial charge is 0.339 e. The van der Waals surface area contributed by atoms with Crippen molar-refractivity contribution in [1.29, 1.82) is 0 Å². The maximum absolute atomic E-state index is 5.77. The molecule has 3 nitrogen and oxygen atoms in total. The standard InChI is InChI=1S/C11H13N3S/c1-8(12)9-2-4-10(5-3-9)15-11-13-6-7-14-11/h2-8H,12H2,1H3,(H,13,14). The molecule has 2 rings (SSSR count). The number of imidazole rings is 1. The Hall–Kier alpha value is -1.26. The van der Waals surface area contributed by atoms with Crippen molar-refractivity contribution in [2.24, 2.45) is 5.73 Å². The number of nitrogens with two attached hydrogens (primary N) is 1. The molecule has 0 aliphatic carbocycles. The third-order valence-corrected chi connectivity index (χ3v) is 3.02. The van der Waals surface area contributed by atoms with Gasteiger partial charge >= 0.3 is 0 Å². The number of hydrogen-bond donors (Lipinski definition) is 2. The van der Waals surface area contributed by atoms with E-state index in [2.05, 4.69) is 34.2 Å². The van der Waals surface area contributed by atoms with Crippen molar-refractivity contribution in [3.63, 3.8) is 0 Å². The van der Waals surface area contributed by atoms with E-state index in [-0.39, 0.29) is 6.04 Å². The fourth-order valence-corrected chi connectivity index (χ4v) is 1.99. The zero-order valence-electron chi connectivity index (χ0n) is 8.47. The number of benzene rings is 1. The van der Waals surface area contributed by atoms with E-state index < -0.39 is 0 Å². The van der Waals surface area contributed by atoms with E-state index in [0.717, 1.165) is 15.6 Å². The van der Waals surface area contributed by atoms with E-state index in [0.29, 0.717) is 0 Å². The van der Waals surface area contributed by atoms with E-state index >= 15 is 0 Å². The van der Waals surface area contributed by atoms with Crippen LogP contribution in [0.25, 0.3) is 0 Å². The summed E-state index contributed by atoms with van der Waals surface area (Å²) < 4.78 is 0. The maximum atomic E-state index is 5.77. The lowest BCUT2D eigenvalue weighted by molar-refractivity contribution is 0.817. The number of aromatic nitrogens is 2. The average Bonchev–Trinajstić information content (AvgIpc) is 2.71. The SMILES string of the molecule is CC(N)c1ccc(Sc2ncc[nH]2)cc1. The molecule has 0 saturated heterocycles. The Morgan fingerprint density at radius 3 is 2.60 bits per heavy atom. The van der Waals surface area contributed by atoms with Crippen LogP contribution in [0.5, 0.6) is 0 Å². The molecule has 1 atom stereocenters. The van der Waals surface area contributed by atoms with Gasteiger partial charge < -0.3 is 10.7 Å². The number of rotatable bonds is 3. The number of nitrogens with one attached hydrogen (secondary N) is 1. The maximum Gasteiger partial charge on any atom is 0.170 e. The molecular formula is C11H13N3S. The average molecular weight is 219 g/mol. The predicted octanol–water partition coefficient (Wildman–Crippen LogP) is 2.58. The molecule has 1 unspecified atom stereocenters. The Morgan fingerprint density at radius 2 is 2.07 bits per heavy atom. The summed E-state index contributed by atoms with van der Waals surface area (Å²) in [5, 5.41) is 0.906. The highest BCUT2D eigenvalue weighted by Crippen LogP contribution is 2.25. The monoisotopic (exact) mass is 219 g/mol. The summed E-state index contributed by atoms with van der Waals surface area (Å²) in [6.07, 6.45) is 3.57. The van der Waals surface area contributed by atoms with Crippen LogP contribution >= 0.6 is 11.8 Å². The van der Waals surface area contributed by atoms with Crippen LogP contribution in [-0.4, -0.2) is 9.97 Å². The van der Waals surface area contributed by atoms with Crippen LogP contribution in [0.1, 0.15) is 18.5 Å². The van der Waals surface area contributed by atoms with Gasteiger partial charge in [0, 0.05) is 23.3 Å². The van der Waals surface area contributed by atoms with E-state index in [1.807, 2.05) is 13.1 Å². The van der Waals surface area contributed by atoms with Crippen molar-refractivity contribution < 1.29 is 0 Å². The number of aromatic amines is 1. The molecule has 0 fully saturated rings. The Kier molecular flexibility index (Phi) is 3.08. The second-order valence-corrected chi connectivity index (χ2v) is 4.42. The van der Waals surface area contributed by atoms with Crippen LogP contribution in [-0.2, 0) is 0 Å². The van der Waals surface area contributed by atoms with Crippen molar-refractivity contribution in [3.05, 3.63) is 42.2 Å². The van der Waals surface area contributed by atoms with E-state index in [9.17, 15) is 0 Å². The van der Waals surface area contributed by atoms with Gasteiger partial charge in [0.05, 0.1) is 0 Å². The molecule has 0 radical (unpaired) electrons. The first-order valence-corrected chi connectivity index (χ1v) is 5.60. The fraction of sp³-hybridized carbons (Fsp3) is 0.182. The summed E-state index contributed by atoms with van der Waals surface area (Å²) in [4.78, 5) is 8.36. The van der Waals surface area contributed by atoms with Gasteiger partial charge in [-0.05, 0) is 24.6 Å². The van der Waals surface area contributed by atoms with Gasteiger partial charge in [0.1, 0.15) is 0 Å². The minimum atomic E-state index is 0.0904. The quantitative estimate of drug-likeness (QED) is 0.834. The Morgan fingerprint density at radius 1 is 1.33 bits per heavy atom. The van der Waals surface area contributed by atoms with Crippen LogP contribution in [0.2, 0.25) is 0 Å². The molecule has 0 bridgehead atoms. The Bertz CT molecular complexity index is 406. The summed E-state index contributed by atoms with van der Waals surface area (Å²) in [6, 6.07) is 8.32. The van der Waals surface area contributed by atoms with E-state index in [1.165, 1.54) is 0 Å². The number of H-pyrrole nitrogens is 1. The third-order valence-electron chi connectivity index (χ3n) is 2.09. The van der Waals surface area contributed by atoms with Gasteiger partial charge in [-0.25, -0.2) is 4.98 Å². The van der Waals surface area contributed by atoms with Crippen molar-refractivity contribution in [2.45, 2.75) is 23.0 Å². The van der Waals surface area contributed by atoms with Crippen molar-refractivity contribution in [2.75, 3.05) is 0 Å². The summed E-state index contributed by atoms with van der Waals surface area (Å²) >= 11 is 1.61. The molecule has 2 aromatic rings. The minimum absolute atomic E-state index is 0.0904. The molecule has 0 spiro atoms. The fourth-order valence-electron chi connectivity index (χ4n) is 1.26. The highest BCUT2D eigenvalue weighted by molar-refractivity contribution is 7.99. The third kappa shape index (κ3) is 2.61. The lowest BCUT2D eigenvalue weighted by Crippen LogP contribution is -2.04. The molecule has 0 amide bonds.